The zero-order valence-electron chi connectivity index (χ0n) is 11.8. The first-order valence-electron chi connectivity index (χ1n) is 6.72. The van der Waals surface area contributed by atoms with Crippen LogP contribution in [0.5, 0.6) is 0 Å². The van der Waals surface area contributed by atoms with Crippen molar-refractivity contribution in [2.24, 2.45) is 5.92 Å². The van der Waals surface area contributed by atoms with Gasteiger partial charge >= 0.3 is 6.03 Å². The summed E-state index contributed by atoms with van der Waals surface area (Å²) >= 11 is 0. The van der Waals surface area contributed by atoms with E-state index < -0.39 is 5.60 Å². The van der Waals surface area contributed by atoms with Crippen LogP contribution in [-0.4, -0.2) is 23.3 Å². The second-order valence-corrected chi connectivity index (χ2v) is 5.82. The highest BCUT2D eigenvalue weighted by Crippen LogP contribution is 2.38. The quantitative estimate of drug-likeness (QED) is 0.781. The van der Waals surface area contributed by atoms with E-state index in [4.69, 9.17) is 0 Å². The normalized spacial score (nSPS) is 17.7. The van der Waals surface area contributed by atoms with Crippen LogP contribution < -0.4 is 10.6 Å². The third kappa shape index (κ3) is 3.96. The number of aliphatic hydroxyl groups is 1. The van der Waals surface area contributed by atoms with Crippen LogP contribution in [0.15, 0.2) is 18.2 Å². The third-order valence-electron chi connectivity index (χ3n) is 3.54. The topological polar surface area (TPSA) is 61.4 Å². The van der Waals surface area contributed by atoms with Gasteiger partial charge in [0.05, 0.1) is 5.60 Å². The second kappa shape index (κ2) is 5.21. The Hall–Kier alpha value is -1.55. The standard InChI is InChI=1S/C15H22N2O2/c1-10-6-11(2)8-13(7-10)17-14(18)16-9-15(3,19)12-4-5-12/h6-8,12,19H,4-5,9H2,1-3H3,(H2,16,17,18). The molecule has 0 aromatic heterocycles. The molecule has 4 nitrogen and oxygen atoms in total. The first-order valence-corrected chi connectivity index (χ1v) is 6.72. The van der Waals surface area contributed by atoms with Crippen LogP contribution in [0.3, 0.4) is 0 Å². The zero-order valence-corrected chi connectivity index (χ0v) is 11.8. The van der Waals surface area contributed by atoms with Gasteiger partial charge in [0.25, 0.3) is 0 Å². The molecule has 1 fully saturated rings. The third-order valence-corrected chi connectivity index (χ3v) is 3.54. The van der Waals surface area contributed by atoms with Crippen molar-refractivity contribution in [3.63, 3.8) is 0 Å². The predicted molar refractivity (Wildman–Crippen MR) is 76.3 cm³/mol. The molecule has 1 aromatic carbocycles. The largest absolute Gasteiger partial charge is 0.388 e. The molecule has 1 aromatic rings. The Morgan fingerprint density at radius 1 is 1.32 bits per heavy atom. The summed E-state index contributed by atoms with van der Waals surface area (Å²) in [4.78, 5) is 11.8. The molecule has 4 heteroatoms. The second-order valence-electron chi connectivity index (χ2n) is 5.82. The van der Waals surface area contributed by atoms with Gasteiger partial charge in [-0.2, -0.15) is 0 Å². The van der Waals surface area contributed by atoms with Crippen molar-refractivity contribution in [3.05, 3.63) is 29.3 Å². The fourth-order valence-corrected chi connectivity index (χ4v) is 2.33. The number of hydrogen-bond donors (Lipinski definition) is 3. The molecule has 0 spiro atoms. The fourth-order valence-electron chi connectivity index (χ4n) is 2.33. The van der Waals surface area contributed by atoms with E-state index >= 15 is 0 Å². The molecule has 19 heavy (non-hydrogen) atoms. The molecule has 0 saturated heterocycles. The molecule has 1 saturated carbocycles. The van der Waals surface area contributed by atoms with E-state index in [1.807, 2.05) is 26.0 Å². The molecule has 1 aliphatic carbocycles. The lowest BCUT2D eigenvalue weighted by Gasteiger charge is -2.23. The van der Waals surface area contributed by atoms with E-state index in [1.54, 1.807) is 6.92 Å². The van der Waals surface area contributed by atoms with E-state index in [9.17, 15) is 9.90 Å². The summed E-state index contributed by atoms with van der Waals surface area (Å²) in [5.74, 6) is 0.328. The fraction of sp³-hybridized carbons (Fsp3) is 0.533. The smallest absolute Gasteiger partial charge is 0.319 e. The van der Waals surface area contributed by atoms with Crippen LogP contribution in [0.4, 0.5) is 10.5 Å². The lowest BCUT2D eigenvalue weighted by atomic mass is 10.0. The van der Waals surface area contributed by atoms with Crippen molar-refractivity contribution >= 4 is 11.7 Å². The predicted octanol–water partition coefficient (Wildman–Crippen LogP) is 2.59. The highest BCUT2D eigenvalue weighted by atomic mass is 16.3. The molecule has 1 atom stereocenters. The minimum atomic E-state index is -0.792. The number of carbonyl (C=O) groups excluding carboxylic acids is 1. The van der Waals surface area contributed by atoms with Gasteiger partial charge in [-0.3, -0.25) is 0 Å². The molecule has 0 bridgehead atoms. The van der Waals surface area contributed by atoms with Gasteiger partial charge in [-0.15, -0.1) is 0 Å². The van der Waals surface area contributed by atoms with Crippen LogP contribution in [0.1, 0.15) is 30.9 Å². The Bertz CT molecular complexity index is 459. The van der Waals surface area contributed by atoms with Crippen LogP contribution in [-0.2, 0) is 0 Å². The lowest BCUT2D eigenvalue weighted by molar-refractivity contribution is 0.0398. The summed E-state index contributed by atoms with van der Waals surface area (Å²) in [6, 6.07) is 5.63. The van der Waals surface area contributed by atoms with Gasteiger partial charge in [0, 0.05) is 12.2 Å². The van der Waals surface area contributed by atoms with Gasteiger partial charge in [0.1, 0.15) is 0 Å². The average Bonchev–Trinajstić information content (AvgIpc) is 3.09. The first-order chi connectivity index (χ1) is 8.87. The van der Waals surface area contributed by atoms with Crippen LogP contribution in [0.25, 0.3) is 0 Å². The van der Waals surface area contributed by atoms with Crippen molar-refractivity contribution in [1.29, 1.82) is 0 Å². The summed E-state index contributed by atoms with van der Waals surface area (Å²) < 4.78 is 0. The number of amides is 2. The van der Waals surface area contributed by atoms with Gasteiger partial charge in [0.15, 0.2) is 0 Å². The first kappa shape index (κ1) is 13.9. The Morgan fingerprint density at radius 2 is 1.89 bits per heavy atom. The van der Waals surface area contributed by atoms with Crippen molar-refractivity contribution in [2.75, 3.05) is 11.9 Å². The SMILES string of the molecule is Cc1cc(C)cc(NC(=O)NCC(C)(O)C2CC2)c1. The van der Waals surface area contributed by atoms with E-state index in [-0.39, 0.29) is 12.6 Å². The molecular formula is C15H22N2O2. The molecule has 2 rings (SSSR count). The number of benzene rings is 1. The minimum Gasteiger partial charge on any atom is -0.388 e. The molecule has 3 N–H and O–H groups in total. The van der Waals surface area contributed by atoms with Crippen LogP contribution in [0.2, 0.25) is 0 Å². The van der Waals surface area contributed by atoms with Gasteiger partial charge in [0.2, 0.25) is 0 Å². The highest BCUT2D eigenvalue weighted by Gasteiger charge is 2.39. The number of carbonyl (C=O) groups is 1. The van der Waals surface area contributed by atoms with Crippen molar-refractivity contribution in [1.82, 2.24) is 5.32 Å². The molecular weight excluding hydrogens is 240 g/mol. The Morgan fingerprint density at radius 3 is 2.42 bits per heavy atom. The van der Waals surface area contributed by atoms with E-state index in [1.165, 1.54) is 0 Å². The Balaban J connectivity index is 1.87. The maximum Gasteiger partial charge on any atom is 0.319 e. The summed E-state index contributed by atoms with van der Waals surface area (Å²) in [6.45, 7) is 6.05. The summed E-state index contributed by atoms with van der Waals surface area (Å²) in [5, 5.41) is 15.6. The number of aryl methyl sites for hydroxylation is 2. The zero-order chi connectivity index (χ0) is 14.0. The Kier molecular flexibility index (Phi) is 3.80. The maximum absolute atomic E-state index is 11.8. The van der Waals surface area contributed by atoms with E-state index in [2.05, 4.69) is 16.7 Å². The van der Waals surface area contributed by atoms with Gasteiger partial charge in [-0.1, -0.05) is 6.07 Å². The maximum atomic E-state index is 11.8. The van der Waals surface area contributed by atoms with Crippen molar-refractivity contribution in [2.45, 2.75) is 39.2 Å². The Labute approximate surface area is 114 Å². The lowest BCUT2D eigenvalue weighted by Crippen LogP contribution is -2.43. The number of rotatable bonds is 4. The molecule has 2 amide bonds. The van der Waals surface area contributed by atoms with Gasteiger partial charge in [-0.05, 0) is 62.8 Å². The number of nitrogens with one attached hydrogen (secondary N) is 2. The van der Waals surface area contributed by atoms with Gasteiger partial charge < -0.3 is 15.7 Å². The monoisotopic (exact) mass is 262 g/mol. The van der Waals surface area contributed by atoms with E-state index in [0.717, 1.165) is 29.7 Å². The van der Waals surface area contributed by atoms with Gasteiger partial charge in [-0.25, -0.2) is 4.79 Å². The van der Waals surface area contributed by atoms with Crippen molar-refractivity contribution in [3.8, 4) is 0 Å². The summed E-state index contributed by atoms with van der Waals surface area (Å²) in [5.41, 5.74) is 2.21. The number of anilines is 1. The molecule has 1 unspecified atom stereocenters. The highest BCUT2D eigenvalue weighted by molar-refractivity contribution is 5.89. The molecule has 1 aliphatic rings. The average molecular weight is 262 g/mol. The van der Waals surface area contributed by atoms with Crippen LogP contribution >= 0.6 is 0 Å². The number of urea groups is 1. The van der Waals surface area contributed by atoms with E-state index in [0.29, 0.717) is 5.92 Å². The molecule has 104 valence electrons. The minimum absolute atomic E-state index is 0.272. The van der Waals surface area contributed by atoms with Crippen LogP contribution in [0, 0.1) is 19.8 Å². The molecule has 0 aliphatic heterocycles. The van der Waals surface area contributed by atoms with Crippen molar-refractivity contribution < 1.29 is 9.90 Å². The molecule has 0 radical (unpaired) electrons. The number of hydrogen-bond acceptors (Lipinski definition) is 2. The summed E-state index contributed by atoms with van der Waals surface area (Å²) in [6.07, 6.45) is 2.10. The summed E-state index contributed by atoms with van der Waals surface area (Å²) in [7, 11) is 0. The molecule has 0 heterocycles.